The van der Waals surface area contributed by atoms with Gasteiger partial charge in [-0.15, -0.1) is 11.3 Å². The molecule has 0 unspecified atom stereocenters. The van der Waals surface area contributed by atoms with Gasteiger partial charge in [0, 0.05) is 124 Å². The summed E-state index contributed by atoms with van der Waals surface area (Å²) in [5.41, 5.74) is 28.9. The van der Waals surface area contributed by atoms with Crippen LogP contribution in [0.4, 0.5) is 0 Å². The highest BCUT2D eigenvalue weighted by atomic mass is 32.1. The van der Waals surface area contributed by atoms with Crippen LogP contribution in [-0.4, -0.2) is 58.6 Å². The van der Waals surface area contributed by atoms with Crippen LogP contribution in [0.2, 0.25) is 0 Å². The molecular weight excluding hydrogens is 1780 g/mol. The van der Waals surface area contributed by atoms with Crippen LogP contribution >= 0.6 is 11.3 Å². The Labute approximate surface area is 827 Å². The first-order valence-corrected chi connectivity index (χ1v) is 49.0. The molecule has 9 heterocycles. The highest BCUT2D eigenvalue weighted by Crippen LogP contribution is 2.48. The standard InChI is InChI=1S/C129H76N12O2S/c1-6-29-77(30-7-1)121-130-122(78-31-8-2-9-32-78)134-128(133-121)103-53-26-49-99-100-50-28-58-114(119(100)143-118(99)103)141-110-57-21-18-47-95(110)107-72-84(63-68-113(107)141)82-38-23-41-90(70-82)125-131-123(79-33-10-3-11-34-79)135-127(137-125)102-52-25-48-98-96-64-59-87(75-115(96)142-117(98)102)85-61-67-112-106(73-85)94-46-17-20-56-109(94)140(112)92-44-24-39-83(71-92)81-37-22-40-89(69-81)126-132-124(80-35-12-4-13-36-80)136-129(138-126)104-54-27-51-101-97-65-60-88(76-116(97)144-120(101)104)86-62-66-111-105(74-86)93-45-16-19-55-108(93)139(111)91-42-14-5-15-43-91/h1-76H. The summed E-state index contributed by atoms with van der Waals surface area (Å²) >= 11 is 1.79. The summed E-state index contributed by atoms with van der Waals surface area (Å²) in [5.74, 6) is 5.07. The van der Waals surface area contributed by atoms with Crippen molar-refractivity contribution in [2.24, 2.45) is 0 Å². The predicted molar refractivity (Wildman–Crippen MR) is 588 cm³/mol. The van der Waals surface area contributed by atoms with Crippen LogP contribution in [0.1, 0.15) is 0 Å². The van der Waals surface area contributed by atoms with E-state index in [1.165, 1.54) is 37.5 Å². The summed E-state index contributed by atoms with van der Waals surface area (Å²) in [6.07, 6.45) is 0. The van der Waals surface area contributed by atoms with E-state index in [1.807, 2.05) is 115 Å². The molecule has 144 heavy (non-hydrogen) atoms. The molecule has 9 aromatic heterocycles. The van der Waals surface area contributed by atoms with E-state index in [9.17, 15) is 0 Å². The van der Waals surface area contributed by atoms with E-state index in [-0.39, 0.29) is 0 Å². The third kappa shape index (κ3) is 13.7. The minimum Gasteiger partial charge on any atom is -0.455 e. The number of hydrogen-bond acceptors (Lipinski definition) is 12. The molecular formula is C129H76N12O2S. The van der Waals surface area contributed by atoms with Crippen molar-refractivity contribution in [2.75, 3.05) is 0 Å². The molecule has 20 aromatic carbocycles. The highest BCUT2D eigenvalue weighted by Gasteiger charge is 2.28. The maximum absolute atomic E-state index is 7.20. The summed E-state index contributed by atoms with van der Waals surface area (Å²) in [5, 5.41) is 13.2. The normalized spacial score (nSPS) is 11.9. The number of furan rings is 2. The topological polar surface area (TPSA) is 157 Å². The van der Waals surface area contributed by atoms with E-state index in [0.29, 0.717) is 63.6 Å². The Kier molecular flexibility index (Phi) is 18.9. The van der Waals surface area contributed by atoms with E-state index in [1.54, 1.807) is 11.3 Å². The number of rotatable bonds is 16. The Balaban J connectivity index is 0.471. The minimum absolute atomic E-state index is 0.495. The average molecular weight is 1860 g/mol. The van der Waals surface area contributed by atoms with Gasteiger partial charge < -0.3 is 22.5 Å². The lowest BCUT2D eigenvalue weighted by molar-refractivity contribution is 0.667. The van der Waals surface area contributed by atoms with Crippen molar-refractivity contribution >= 4 is 141 Å². The zero-order valence-corrected chi connectivity index (χ0v) is 77.8. The molecule has 15 heteroatoms. The van der Waals surface area contributed by atoms with Crippen molar-refractivity contribution in [1.82, 2.24) is 58.6 Å². The second-order valence-corrected chi connectivity index (χ2v) is 37.7. The van der Waals surface area contributed by atoms with Crippen LogP contribution in [0.3, 0.4) is 0 Å². The van der Waals surface area contributed by atoms with Crippen LogP contribution in [-0.2, 0) is 0 Å². The molecule has 0 saturated carbocycles. The van der Waals surface area contributed by atoms with Crippen LogP contribution < -0.4 is 0 Å². The summed E-state index contributed by atoms with van der Waals surface area (Å²) in [6, 6.07) is 162. The molecule has 0 bridgehead atoms. The number of nitrogens with zero attached hydrogens (tertiary/aromatic N) is 12. The average Bonchev–Trinajstić information content (AvgIpc) is 1.59. The minimum atomic E-state index is 0.495. The Hall–Kier alpha value is -19.4. The Morgan fingerprint density at radius 2 is 0.479 bits per heavy atom. The molecule has 0 aliphatic carbocycles. The molecule has 0 atom stereocenters. The molecule has 0 radical (unpaired) electrons. The monoisotopic (exact) mass is 1860 g/mol. The van der Waals surface area contributed by atoms with Gasteiger partial charge in [0.2, 0.25) is 0 Å². The third-order valence-corrected chi connectivity index (χ3v) is 29.4. The summed E-state index contributed by atoms with van der Waals surface area (Å²) in [6.45, 7) is 0. The quantitative estimate of drug-likeness (QED) is 0.0907. The predicted octanol–water partition coefficient (Wildman–Crippen LogP) is 33.4. The molecule has 0 amide bonds. The molecule has 0 saturated heterocycles. The number of fused-ring (bicyclic) bond motifs is 18. The molecule has 0 aliphatic rings. The fraction of sp³-hybridized carbons (Fsp3) is 0. The first-order valence-electron chi connectivity index (χ1n) is 48.2. The van der Waals surface area contributed by atoms with Gasteiger partial charge in [0.1, 0.15) is 16.7 Å². The maximum atomic E-state index is 7.20. The van der Waals surface area contributed by atoms with Crippen LogP contribution in [0.15, 0.2) is 470 Å². The van der Waals surface area contributed by atoms with E-state index >= 15 is 0 Å². The molecule has 670 valence electrons. The Morgan fingerprint density at radius 1 is 0.167 bits per heavy atom. The zero-order chi connectivity index (χ0) is 94.6. The summed E-state index contributed by atoms with van der Waals surface area (Å²) in [7, 11) is 0. The lowest BCUT2D eigenvalue weighted by atomic mass is 10.0. The van der Waals surface area contributed by atoms with E-state index in [4.69, 9.17) is 53.7 Å². The van der Waals surface area contributed by atoms with E-state index < -0.39 is 0 Å². The maximum Gasteiger partial charge on any atom is 0.167 e. The first-order chi connectivity index (χ1) is 71.3. The van der Waals surface area contributed by atoms with E-state index in [0.717, 1.165) is 192 Å². The van der Waals surface area contributed by atoms with Crippen molar-refractivity contribution in [3.63, 3.8) is 0 Å². The summed E-state index contributed by atoms with van der Waals surface area (Å²) < 4.78 is 23.7. The molecule has 29 rings (SSSR count). The Bertz CT molecular complexity index is 10300. The molecule has 0 spiro atoms. The first kappa shape index (κ1) is 81.8. The fourth-order valence-electron chi connectivity index (χ4n) is 21.4. The number of benzene rings is 20. The second-order valence-electron chi connectivity index (χ2n) is 36.6. The van der Waals surface area contributed by atoms with Gasteiger partial charge in [-0.2, -0.15) is 0 Å². The van der Waals surface area contributed by atoms with Gasteiger partial charge in [-0.05, 0) is 178 Å². The number of thiophene rings is 1. The van der Waals surface area contributed by atoms with Crippen molar-refractivity contribution < 1.29 is 8.83 Å². The fourth-order valence-corrected chi connectivity index (χ4v) is 22.7. The number of aromatic nitrogens is 12. The summed E-state index contributed by atoms with van der Waals surface area (Å²) in [4.78, 5) is 47.3. The molecule has 14 nitrogen and oxygen atoms in total. The van der Waals surface area contributed by atoms with Crippen molar-refractivity contribution in [2.45, 2.75) is 0 Å². The lowest BCUT2D eigenvalue weighted by Crippen LogP contribution is -2.00. The van der Waals surface area contributed by atoms with Gasteiger partial charge in [-0.1, -0.05) is 328 Å². The van der Waals surface area contributed by atoms with Gasteiger partial charge >= 0.3 is 0 Å². The SMILES string of the molecule is c1ccc(-c2nc(-c3cccc(-c4ccc5c(c4)c4ccccc4n5-c4cccc5c4oc4c(-c6nc(-c7ccccc7)nc(-c7ccccc7)n6)cccc45)c3)nc(-c3cccc4c3oc3cc(-c5ccc6c(c5)c5ccccc5n6-c5cccc(-c6cccc(-c7nc(-c8ccccc8)nc(-c8cccc9c8sc8cc(-c%10ccc%11c(c%10)c%10ccccc%10n%11-c%10ccccc%10)ccc89)n7)c6)c5)ccc34)n2)cc1. The van der Waals surface area contributed by atoms with Crippen LogP contribution in [0, 0.1) is 0 Å². The molecule has 0 fully saturated rings. The largest absolute Gasteiger partial charge is 0.455 e. The second kappa shape index (κ2) is 33.2. The van der Waals surface area contributed by atoms with Gasteiger partial charge in [0.05, 0.1) is 49.9 Å². The van der Waals surface area contributed by atoms with Gasteiger partial charge in [0.15, 0.2) is 58.0 Å². The lowest BCUT2D eigenvalue weighted by Gasteiger charge is -2.12. The van der Waals surface area contributed by atoms with Crippen molar-refractivity contribution in [3.05, 3.63) is 461 Å². The smallest absolute Gasteiger partial charge is 0.167 e. The van der Waals surface area contributed by atoms with Gasteiger partial charge in [-0.3, -0.25) is 0 Å². The Morgan fingerprint density at radius 3 is 0.986 bits per heavy atom. The third-order valence-electron chi connectivity index (χ3n) is 28.2. The molecule has 0 N–H and O–H groups in total. The van der Waals surface area contributed by atoms with Crippen molar-refractivity contribution in [1.29, 1.82) is 0 Å². The van der Waals surface area contributed by atoms with Crippen LogP contribution in [0.5, 0.6) is 0 Å². The molecule has 0 aliphatic heterocycles. The van der Waals surface area contributed by atoms with Crippen molar-refractivity contribution in [3.8, 4) is 164 Å². The number of hydrogen-bond donors (Lipinski definition) is 0. The van der Waals surface area contributed by atoms with Gasteiger partial charge in [0.25, 0.3) is 0 Å². The van der Waals surface area contributed by atoms with Gasteiger partial charge in [-0.25, -0.2) is 44.9 Å². The molecule has 29 aromatic rings. The number of para-hydroxylation sites is 7. The van der Waals surface area contributed by atoms with Crippen LogP contribution in [0.25, 0.3) is 294 Å². The highest BCUT2D eigenvalue weighted by molar-refractivity contribution is 7.26. The van der Waals surface area contributed by atoms with E-state index in [2.05, 4.69) is 359 Å². The zero-order valence-electron chi connectivity index (χ0n) is 77.0.